The molecule has 0 radical (unpaired) electrons. The zero-order chi connectivity index (χ0) is 20.3. The maximum atomic E-state index is 12.9. The van der Waals surface area contributed by atoms with Gasteiger partial charge >= 0.3 is 5.97 Å². The minimum atomic E-state index is -3.93. The minimum absolute atomic E-state index is 0.00445. The molecule has 146 valence electrons. The lowest BCUT2D eigenvalue weighted by molar-refractivity contribution is 0.0601. The van der Waals surface area contributed by atoms with Crippen LogP contribution in [-0.2, 0) is 14.8 Å². The summed E-state index contributed by atoms with van der Waals surface area (Å²) in [5.41, 5.74) is 2.00. The molecule has 0 spiro atoms. The van der Waals surface area contributed by atoms with Gasteiger partial charge in [0.25, 0.3) is 10.0 Å². The lowest BCUT2D eigenvalue weighted by atomic mass is 10.2. The second kappa shape index (κ2) is 7.99. The monoisotopic (exact) mass is 418 g/mol. The quantitative estimate of drug-likeness (QED) is 0.613. The van der Waals surface area contributed by atoms with Gasteiger partial charge in [-0.25, -0.2) is 18.2 Å². The van der Waals surface area contributed by atoms with Crippen LogP contribution in [0, 0.1) is 6.92 Å². The first-order chi connectivity index (χ1) is 13.3. The van der Waals surface area contributed by atoms with Crippen molar-refractivity contribution in [2.45, 2.75) is 11.8 Å². The maximum Gasteiger partial charge on any atom is 0.337 e. The van der Waals surface area contributed by atoms with Gasteiger partial charge in [-0.2, -0.15) is 0 Å². The van der Waals surface area contributed by atoms with E-state index in [-0.39, 0.29) is 10.6 Å². The highest BCUT2D eigenvalue weighted by Crippen LogP contribution is 2.31. The van der Waals surface area contributed by atoms with Gasteiger partial charge in [0, 0.05) is 16.6 Å². The lowest BCUT2D eigenvalue weighted by Gasteiger charge is -2.13. The number of rotatable bonds is 6. The van der Waals surface area contributed by atoms with Crippen LogP contribution in [-0.4, -0.2) is 33.6 Å². The number of anilines is 1. The highest BCUT2D eigenvalue weighted by atomic mass is 32.2. The molecule has 0 saturated heterocycles. The van der Waals surface area contributed by atoms with Gasteiger partial charge in [-0.3, -0.25) is 4.72 Å². The summed E-state index contributed by atoms with van der Waals surface area (Å²) >= 11 is 1.49. The number of hydrogen-bond acceptors (Lipinski definition) is 7. The molecule has 0 aliphatic heterocycles. The van der Waals surface area contributed by atoms with Crippen LogP contribution >= 0.6 is 11.3 Å². The van der Waals surface area contributed by atoms with E-state index < -0.39 is 16.0 Å². The summed E-state index contributed by atoms with van der Waals surface area (Å²) in [6.07, 6.45) is 0. The molecule has 0 unspecified atom stereocenters. The van der Waals surface area contributed by atoms with Crippen molar-refractivity contribution in [3.05, 3.63) is 58.4 Å². The predicted molar refractivity (Wildman–Crippen MR) is 107 cm³/mol. The SMILES string of the molecule is COC(=O)c1ccc(NS(=O)(=O)c2cc(-c3csc(C)n3)ccc2OC)cc1. The van der Waals surface area contributed by atoms with Crippen molar-refractivity contribution < 1.29 is 22.7 Å². The summed E-state index contributed by atoms with van der Waals surface area (Å²) in [4.78, 5) is 15.9. The summed E-state index contributed by atoms with van der Waals surface area (Å²) in [6.45, 7) is 1.88. The van der Waals surface area contributed by atoms with Gasteiger partial charge in [-0.05, 0) is 49.4 Å². The summed E-state index contributed by atoms with van der Waals surface area (Å²) < 4.78 is 38.3. The zero-order valence-electron chi connectivity index (χ0n) is 15.4. The Kier molecular flexibility index (Phi) is 5.66. The van der Waals surface area contributed by atoms with Crippen LogP contribution in [0.1, 0.15) is 15.4 Å². The molecule has 1 aromatic heterocycles. The van der Waals surface area contributed by atoms with Crippen LogP contribution in [0.5, 0.6) is 5.75 Å². The average Bonchev–Trinajstić information content (AvgIpc) is 3.13. The molecule has 0 saturated carbocycles. The first kappa shape index (κ1) is 19.8. The number of aromatic nitrogens is 1. The fourth-order valence-corrected chi connectivity index (χ4v) is 4.42. The molecule has 3 rings (SSSR count). The summed E-state index contributed by atoms with van der Waals surface area (Å²) in [7, 11) is -1.25. The third-order valence-corrected chi connectivity index (χ3v) is 6.10. The normalized spacial score (nSPS) is 11.1. The van der Waals surface area contributed by atoms with E-state index in [1.54, 1.807) is 12.1 Å². The molecule has 0 fully saturated rings. The van der Waals surface area contributed by atoms with Crippen molar-refractivity contribution in [2.75, 3.05) is 18.9 Å². The molecule has 0 atom stereocenters. The first-order valence-corrected chi connectivity index (χ1v) is 10.5. The highest BCUT2D eigenvalue weighted by molar-refractivity contribution is 7.92. The van der Waals surface area contributed by atoms with Gasteiger partial charge in [0.05, 0.1) is 30.5 Å². The molecule has 0 aliphatic rings. The molecule has 1 N–H and O–H groups in total. The maximum absolute atomic E-state index is 12.9. The number of benzene rings is 2. The number of thiazole rings is 1. The van der Waals surface area contributed by atoms with Crippen LogP contribution in [0.3, 0.4) is 0 Å². The number of esters is 1. The number of sulfonamides is 1. The summed E-state index contributed by atoms with van der Waals surface area (Å²) in [5.74, 6) is -0.281. The molecule has 0 aliphatic carbocycles. The van der Waals surface area contributed by atoms with Crippen LogP contribution in [0.15, 0.2) is 52.7 Å². The van der Waals surface area contributed by atoms with Crippen LogP contribution in [0.2, 0.25) is 0 Å². The van der Waals surface area contributed by atoms with E-state index in [2.05, 4.69) is 14.4 Å². The first-order valence-electron chi connectivity index (χ1n) is 8.16. The largest absolute Gasteiger partial charge is 0.495 e. The molecule has 3 aromatic rings. The van der Waals surface area contributed by atoms with E-state index in [0.29, 0.717) is 22.5 Å². The van der Waals surface area contributed by atoms with Crippen molar-refractivity contribution in [3.8, 4) is 17.0 Å². The van der Waals surface area contributed by atoms with Gasteiger partial charge in [-0.15, -0.1) is 11.3 Å². The smallest absolute Gasteiger partial charge is 0.337 e. The fraction of sp³-hybridized carbons (Fsp3) is 0.158. The van der Waals surface area contributed by atoms with E-state index in [9.17, 15) is 13.2 Å². The Morgan fingerprint density at radius 3 is 2.39 bits per heavy atom. The van der Waals surface area contributed by atoms with Gasteiger partial charge in [-0.1, -0.05) is 0 Å². The number of methoxy groups -OCH3 is 2. The van der Waals surface area contributed by atoms with Crippen molar-refractivity contribution in [1.82, 2.24) is 4.98 Å². The molecule has 9 heteroatoms. The van der Waals surface area contributed by atoms with Crippen LogP contribution in [0.25, 0.3) is 11.3 Å². The van der Waals surface area contributed by atoms with Gasteiger partial charge in [0.2, 0.25) is 0 Å². The van der Waals surface area contributed by atoms with E-state index in [1.807, 2.05) is 12.3 Å². The van der Waals surface area contributed by atoms with Gasteiger partial charge in [0.1, 0.15) is 10.6 Å². The third-order valence-electron chi connectivity index (χ3n) is 3.93. The van der Waals surface area contributed by atoms with Crippen molar-refractivity contribution >= 4 is 33.0 Å². The molecule has 28 heavy (non-hydrogen) atoms. The highest BCUT2D eigenvalue weighted by Gasteiger charge is 2.21. The number of nitrogens with zero attached hydrogens (tertiary/aromatic N) is 1. The Morgan fingerprint density at radius 1 is 1.11 bits per heavy atom. The summed E-state index contributed by atoms with van der Waals surface area (Å²) in [6, 6.07) is 10.8. The Hall–Kier alpha value is -2.91. The third kappa shape index (κ3) is 4.15. The predicted octanol–water partition coefficient (Wildman–Crippen LogP) is 3.71. The van der Waals surface area contributed by atoms with E-state index >= 15 is 0 Å². The number of aryl methyl sites for hydroxylation is 1. The second-order valence-electron chi connectivity index (χ2n) is 5.79. The number of hydrogen-bond donors (Lipinski definition) is 1. The number of carbonyl (C=O) groups excluding carboxylic acids is 1. The molecule has 0 bridgehead atoms. The average molecular weight is 418 g/mol. The standard InChI is InChI=1S/C19H18N2O5S2/c1-12-20-16(11-27-12)14-6-9-17(25-2)18(10-14)28(23,24)21-15-7-4-13(5-8-15)19(22)26-3/h4-11,21H,1-3H3. The Bertz CT molecular complexity index is 1110. The van der Waals surface area contributed by atoms with E-state index in [1.165, 1.54) is 55.9 Å². The number of carbonyl (C=O) groups is 1. The topological polar surface area (TPSA) is 94.6 Å². The zero-order valence-corrected chi connectivity index (χ0v) is 17.1. The Labute approximate surface area is 167 Å². The van der Waals surface area contributed by atoms with Crippen molar-refractivity contribution in [1.29, 1.82) is 0 Å². The van der Waals surface area contributed by atoms with Gasteiger partial charge < -0.3 is 9.47 Å². The number of nitrogens with one attached hydrogen (secondary N) is 1. The van der Waals surface area contributed by atoms with Crippen molar-refractivity contribution in [3.63, 3.8) is 0 Å². The molecule has 2 aromatic carbocycles. The second-order valence-corrected chi connectivity index (χ2v) is 8.50. The molecular weight excluding hydrogens is 400 g/mol. The molecule has 0 amide bonds. The van der Waals surface area contributed by atoms with Crippen molar-refractivity contribution in [2.24, 2.45) is 0 Å². The van der Waals surface area contributed by atoms with Crippen LogP contribution < -0.4 is 9.46 Å². The molecule has 1 heterocycles. The Balaban J connectivity index is 1.95. The summed E-state index contributed by atoms with van der Waals surface area (Å²) in [5, 5.41) is 2.76. The lowest BCUT2D eigenvalue weighted by Crippen LogP contribution is -2.14. The fourth-order valence-electron chi connectivity index (χ4n) is 2.54. The van der Waals surface area contributed by atoms with Crippen LogP contribution in [0.4, 0.5) is 5.69 Å². The molecule has 7 nitrogen and oxygen atoms in total. The number of ether oxygens (including phenoxy) is 2. The van der Waals surface area contributed by atoms with E-state index in [0.717, 1.165) is 5.01 Å². The minimum Gasteiger partial charge on any atom is -0.495 e. The Morgan fingerprint density at radius 2 is 1.82 bits per heavy atom. The van der Waals surface area contributed by atoms with Gasteiger partial charge in [0.15, 0.2) is 0 Å². The molecular formula is C19H18N2O5S2. The van der Waals surface area contributed by atoms with E-state index in [4.69, 9.17) is 4.74 Å².